The van der Waals surface area contributed by atoms with E-state index in [2.05, 4.69) is 12.2 Å². The second-order valence-corrected chi connectivity index (χ2v) is 6.81. The molecule has 5 nitrogen and oxygen atoms in total. The van der Waals surface area contributed by atoms with E-state index >= 15 is 0 Å². The van der Waals surface area contributed by atoms with Crippen LogP contribution in [-0.2, 0) is 4.79 Å². The molecule has 1 fully saturated rings. The molecule has 1 saturated carbocycles. The molecule has 0 aliphatic heterocycles. The number of ether oxygens (including phenoxy) is 2. The quantitative estimate of drug-likeness (QED) is 0.674. The number of carbonyl (C=O) groups excluding carboxylic acids is 1. The van der Waals surface area contributed by atoms with Gasteiger partial charge in [-0.25, -0.2) is 0 Å². The number of hydrogen-bond donors (Lipinski definition) is 1. The lowest BCUT2D eigenvalue weighted by atomic mass is 10.1. The van der Waals surface area contributed by atoms with E-state index in [1.807, 2.05) is 37.3 Å². The van der Waals surface area contributed by atoms with Crippen molar-refractivity contribution in [1.82, 2.24) is 5.32 Å². The summed E-state index contributed by atoms with van der Waals surface area (Å²) in [6.07, 6.45) is 4.60. The summed E-state index contributed by atoms with van der Waals surface area (Å²) in [5.74, 6) is 2.61. The van der Waals surface area contributed by atoms with Crippen molar-refractivity contribution in [3.8, 4) is 11.5 Å². The molecule has 1 aliphatic carbocycles. The van der Waals surface area contributed by atoms with Crippen LogP contribution in [0.4, 0.5) is 0 Å². The smallest absolute Gasteiger partial charge is 0.224 e. The van der Waals surface area contributed by atoms with Crippen LogP contribution in [-0.4, -0.2) is 19.6 Å². The summed E-state index contributed by atoms with van der Waals surface area (Å²) in [5.41, 5.74) is 0.994. The molecular formula is C21H27NO4. The Morgan fingerprint density at radius 3 is 2.88 bits per heavy atom. The third kappa shape index (κ3) is 4.21. The summed E-state index contributed by atoms with van der Waals surface area (Å²) < 4.78 is 16.6. The molecule has 1 heterocycles. The highest BCUT2D eigenvalue weighted by molar-refractivity contribution is 5.83. The van der Waals surface area contributed by atoms with Crippen molar-refractivity contribution in [2.75, 3.05) is 13.7 Å². The summed E-state index contributed by atoms with van der Waals surface area (Å²) in [6.45, 7) is 4.78. The number of nitrogens with one attached hydrogen (secondary N) is 1. The number of methoxy groups -OCH3 is 1. The Balaban J connectivity index is 1.59. The lowest BCUT2D eigenvalue weighted by Crippen LogP contribution is -2.28. The Morgan fingerprint density at radius 2 is 2.19 bits per heavy atom. The summed E-state index contributed by atoms with van der Waals surface area (Å²) in [5, 5.41) is 3.10. The molecule has 5 heteroatoms. The number of furan rings is 1. The lowest BCUT2D eigenvalue weighted by molar-refractivity contribution is -0.123. The predicted molar refractivity (Wildman–Crippen MR) is 99.5 cm³/mol. The largest absolute Gasteiger partial charge is 0.493 e. The molecule has 3 rings (SSSR count). The third-order valence-corrected chi connectivity index (χ3v) is 4.84. The van der Waals surface area contributed by atoms with Crippen LogP contribution in [0.2, 0.25) is 0 Å². The normalized spacial score (nSPS) is 19.7. The highest BCUT2D eigenvalue weighted by atomic mass is 16.5. The van der Waals surface area contributed by atoms with Gasteiger partial charge in [0.2, 0.25) is 5.91 Å². The third-order valence-electron chi connectivity index (χ3n) is 4.84. The first-order chi connectivity index (χ1) is 12.6. The molecular weight excluding hydrogens is 330 g/mol. The molecule has 0 radical (unpaired) electrons. The van der Waals surface area contributed by atoms with Crippen LogP contribution in [0.3, 0.4) is 0 Å². The van der Waals surface area contributed by atoms with E-state index in [4.69, 9.17) is 13.9 Å². The average Bonchev–Trinajstić information content (AvgIpc) is 3.27. The standard InChI is InChI=1S/C21H27NO4/c1-4-5-10-26-19-9-8-15(12-20(19)24-3)14(2)22-21(23)17-13-16(17)18-7-6-11-25-18/h6-9,11-12,14,16-17H,4-5,10,13H2,1-3H3,(H,22,23). The van der Waals surface area contributed by atoms with Crippen LogP contribution < -0.4 is 14.8 Å². The Bertz CT molecular complexity index is 726. The second-order valence-electron chi connectivity index (χ2n) is 6.81. The minimum absolute atomic E-state index is 0.00199. The van der Waals surface area contributed by atoms with Gasteiger partial charge >= 0.3 is 0 Å². The molecule has 1 amide bonds. The van der Waals surface area contributed by atoms with Crippen LogP contribution in [0.15, 0.2) is 41.0 Å². The highest BCUT2D eigenvalue weighted by Crippen LogP contribution is 2.48. The predicted octanol–water partition coefficient (Wildman–Crippen LogP) is 4.45. The van der Waals surface area contributed by atoms with Crippen LogP contribution in [0.5, 0.6) is 11.5 Å². The van der Waals surface area contributed by atoms with Gasteiger partial charge < -0.3 is 19.2 Å². The van der Waals surface area contributed by atoms with E-state index < -0.39 is 0 Å². The molecule has 3 atom stereocenters. The Morgan fingerprint density at radius 1 is 1.35 bits per heavy atom. The Kier molecular flexibility index (Phi) is 5.86. The van der Waals surface area contributed by atoms with E-state index in [9.17, 15) is 4.79 Å². The zero-order valence-electron chi connectivity index (χ0n) is 15.7. The fraction of sp³-hybridized carbons (Fsp3) is 0.476. The minimum Gasteiger partial charge on any atom is -0.493 e. The molecule has 1 aromatic carbocycles. The lowest BCUT2D eigenvalue weighted by Gasteiger charge is -2.17. The first kappa shape index (κ1) is 18.4. The fourth-order valence-electron chi connectivity index (χ4n) is 3.10. The number of unbranched alkanes of at least 4 members (excludes halogenated alkanes) is 1. The van der Waals surface area contributed by atoms with Gasteiger partial charge in [0.1, 0.15) is 5.76 Å². The number of amides is 1. The Labute approximate surface area is 154 Å². The van der Waals surface area contributed by atoms with Crippen molar-refractivity contribution in [1.29, 1.82) is 0 Å². The topological polar surface area (TPSA) is 60.7 Å². The van der Waals surface area contributed by atoms with E-state index in [0.29, 0.717) is 12.4 Å². The minimum atomic E-state index is -0.0982. The molecule has 3 unspecified atom stereocenters. The van der Waals surface area contributed by atoms with Crippen molar-refractivity contribution in [3.63, 3.8) is 0 Å². The maximum Gasteiger partial charge on any atom is 0.224 e. The zero-order chi connectivity index (χ0) is 18.5. The summed E-state index contributed by atoms with van der Waals surface area (Å²) in [6, 6.07) is 9.52. The van der Waals surface area contributed by atoms with Gasteiger partial charge in [-0.15, -0.1) is 0 Å². The van der Waals surface area contributed by atoms with Crippen LogP contribution in [0.25, 0.3) is 0 Å². The van der Waals surface area contributed by atoms with E-state index in [1.54, 1.807) is 13.4 Å². The molecule has 1 N–H and O–H groups in total. The molecule has 0 bridgehead atoms. The highest BCUT2D eigenvalue weighted by Gasteiger charge is 2.46. The number of hydrogen-bond acceptors (Lipinski definition) is 4. The monoisotopic (exact) mass is 357 g/mol. The summed E-state index contributed by atoms with van der Waals surface area (Å²) in [4.78, 5) is 12.5. The van der Waals surface area contributed by atoms with Crippen molar-refractivity contribution in [2.45, 2.75) is 45.1 Å². The molecule has 2 aromatic rings. The second kappa shape index (κ2) is 8.30. The van der Waals surface area contributed by atoms with Crippen LogP contribution in [0, 0.1) is 5.92 Å². The van der Waals surface area contributed by atoms with Crippen LogP contribution in [0.1, 0.15) is 56.4 Å². The van der Waals surface area contributed by atoms with Gasteiger partial charge in [-0.2, -0.15) is 0 Å². The molecule has 140 valence electrons. The van der Waals surface area contributed by atoms with E-state index in [0.717, 1.165) is 36.3 Å². The van der Waals surface area contributed by atoms with Gasteiger partial charge in [-0.1, -0.05) is 19.4 Å². The number of benzene rings is 1. The Hall–Kier alpha value is -2.43. The fourth-order valence-corrected chi connectivity index (χ4v) is 3.10. The van der Waals surface area contributed by atoms with Crippen molar-refractivity contribution in [3.05, 3.63) is 47.9 Å². The molecule has 0 spiro atoms. The van der Waals surface area contributed by atoms with Gasteiger partial charge in [0.15, 0.2) is 11.5 Å². The van der Waals surface area contributed by atoms with Crippen LogP contribution >= 0.6 is 0 Å². The van der Waals surface area contributed by atoms with Crippen molar-refractivity contribution >= 4 is 5.91 Å². The molecule has 1 aliphatic rings. The van der Waals surface area contributed by atoms with E-state index in [-0.39, 0.29) is 23.8 Å². The first-order valence-corrected chi connectivity index (χ1v) is 9.28. The van der Waals surface area contributed by atoms with Gasteiger partial charge in [0.25, 0.3) is 0 Å². The van der Waals surface area contributed by atoms with E-state index in [1.165, 1.54) is 0 Å². The maximum absolute atomic E-state index is 12.5. The molecule has 1 aromatic heterocycles. The first-order valence-electron chi connectivity index (χ1n) is 9.28. The SMILES string of the molecule is CCCCOc1ccc(C(C)NC(=O)C2CC2c2ccco2)cc1OC. The summed E-state index contributed by atoms with van der Waals surface area (Å²) >= 11 is 0. The average molecular weight is 357 g/mol. The van der Waals surface area contributed by atoms with Gasteiger partial charge in [-0.3, -0.25) is 4.79 Å². The van der Waals surface area contributed by atoms with Gasteiger partial charge in [0.05, 0.1) is 26.0 Å². The zero-order valence-corrected chi connectivity index (χ0v) is 15.7. The van der Waals surface area contributed by atoms with Crippen molar-refractivity contribution in [2.24, 2.45) is 5.92 Å². The van der Waals surface area contributed by atoms with Gasteiger partial charge in [-0.05, 0) is 49.6 Å². The number of rotatable bonds is 9. The summed E-state index contributed by atoms with van der Waals surface area (Å²) in [7, 11) is 1.63. The van der Waals surface area contributed by atoms with Gasteiger partial charge in [0, 0.05) is 11.8 Å². The molecule has 26 heavy (non-hydrogen) atoms. The maximum atomic E-state index is 12.5. The number of carbonyl (C=O) groups is 1. The molecule has 0 saturated heterocycles. The van der Waals surface area contributed by atoms with Crippen molar-refractivity contribution < 1.29 is 18.7 Å².